The minimum absolute atomic E-state index is 0.0841. The second-order valence-corrected chi connectivity index (χ2v) is 5.77. The first-order valence-electron chi connectivity index (χ1n) is 7.98. The van der Waals surface area contributed by atoms with E-state index in [1.165, 1.54) is 6.92 Å². The molecule has 0 bridgehead atoms. The molecular weight excluding hydrogens is 280 g/mol. The fraction of sp³-hybridized carbons (Fsp3) is 0.588. The number of amides is 1. The van der Waals surface area contributed by atoms with Gasteiger partial charge in [0, 0.05) is 32.1 Å². The lowest BCUT2D eigenvalue weighted by Gasteiger charge is -2.21. The zero-order chi connectivity index (χ0) is 15.9. The van der Waals surface area contributed by atoms with E-state index in [4.69, 9.17) is 4.74 Å². The molecule has 0 saturated carbocycles. The molecule has 1 aromatic rings. The molecule has 0 aromatic heterocycles. The number of hydrogen-bond donors (Lipinski definition) is 2. The summed E-state index contributed by atoms with van der Waals surface area (Å²) in [5, 5.41) is 13.0. The molecule has 0 aliphatic carbocycles. The summed E-state index contributed by atoms with van der Waals surface area (Å²) < 4.78 is 5.67. The van der Waals surface area contributed by atoms with Gasteiger partial charge in [0.05, 0.1) is 18.8 Å². The van der Waals surface area contributed by atoms with Crippen molar-refractivity contribution in [2.45, 2.75) is 45.4 Å². The van der Waals surface area contributed by atoms with Crippen molar-refractivity contribution >= 4 is 5.91 Å². The molecule has 1 heterocycles. The van der Waals surface area contributed by atoms with Crippen molar-refractivity contribution in [3.8, 4) is 5.75 Å². The van der Waals surface area contributed by atoms with Crippen molar-refractivity contribution in [2.75, 3.05) is 19.7 Å². The molecule has 2 rings (SSSR count). The number of para-hydroxylation sites is 1. The van der Waals surface area contributed by atoms with Gasteiger partial charge in [-0.25, -0.2) is 0 Å². The molecule has 1 aromatic carbocycles. The Morgan fingerprint density at radius 2 is 2.09 bits per heavy atom. The third-order valence-corrected chi connectivity index (χ3v) is 4.02. The summed E-state index contributed by atoms with van der Waals surface area (Å²) in [6.07, 6.45) is 0.954. The van der Waals surface area contributed by atoms with Crippen LogP contribution in [0.1, 0.15) is 32.3 Å². The van der Waals surface area contributed by atoms with E-state index >= 15 is 0 Å². The first-order chi connectivity index (χ1) is 10.6. The smallest absolute Gasteiger partial charge is 0.217 e. The molecule has 2 atom stereocenters. The van der Waals surface area contributed by atoms with Gasteiger partial charge in [-0.1, -0.05) is 18.2 Å². The number of carbonyl (C=O) groups excluding carboxylic acids is 1. The summed E-state index contributed by atoms with van der Waals surface area (Å²) in [6, 6.07) is 7.92. The van der Waals surface area contributed by atoms with Crippen LogP contribution in [0.4, 0.5) is 0 Å². The number of rotatable bonds is 5. The number of aliphatic hydroxyl groups is 1. The topological polar surface area (TPSA) is 61.8 Å². The van der Waals surface area contributed by atoms with E-state index in [1.54, 1.807) is 0 Å². The fourth-order valence-electron chi connectivity index (χ4n) is 2.90. The van der Waals surface area contributed by atoms with Crippen LogP contribution in [0.2, 0.25) is 0 Å². The van der Waals surface area contributed by atoms with Crippen LogP contribution in [-0.2, 0) is 11.3 Å². The van der Waals surface area contributed by atoms with Crippen LogP contribution in [0.3, 0.4) is 0 Å². The molecule has 1 aliphatic rings. The predicted molar refractivity (Wildman–Crippen MR) is 85.7 cm³/mol. The summed E-state index contributed by atoms with van der Waals surface area (Å²) >= 11 is 0. The Bertz CT molecular complexity index is 493. The van der Waals surface area contributed by atoms with E-state index in [9.17, 15) is 9.90 Å². The summed E-state index contributed by atoms with van der Waals surface area (Å²) in [5.74, 6) is 0.840. The summed E-state index contributed by atoms with van der Waals surface area (Å²) in [7, 11) is 0. The maximum atomic E-state index is 11.2. The molecule has 5 heteroatoms. The fourth-order valence-corrected chi connectivity index (χ4v) is 2.90. The molecule has 0 spiro atoms. The lowest BCUT2D eigenvalue weighted by Crippen LogP contribution is -2.42. The molecule has 0 unspecified atom stereocenters. The van der Waals surface area contributed by atoms with Crippen LogP contribution in [0.15, 0.2) is 24.3 Å². The molecule has 22 heavy (non-hydrogen) atoms. The van der Waals surface area contributed by atoms with Crippen molar-refractivity contribution in [1.29, 1.82) is 0 Å². The van der Waals surface area contributed by atoms with E-state index in [0.29, 0.717) is 13.0 Å². The molecule has 2 N–H and O–H groups in total. The van der Waals surface area contributed by atoms with E-state index in [2.05, 4.69) is 16.3 Å². The average Bonchev–Trinajstić information content (AvgIpc) is 2.65. The second-order valence-electron chi connectivity index (χ2n) is 5.77. The molecule has 1 aliphatic heterocycles. The van der Waals surface area contributed by atoms with Crippen molar-refractivity contribution < 1.29 is 14.6 Å². The van der Waals surface area contributed by atoms with Gasteiger partial charge in [-0.3, -0.25) is 9.69 Å². The van der Waals surface area contributed by atoms with Gasteiger partial charge in [0.2, 0.25) is 5.91 Å². The Morgan fingerprint density at radius 3 is 2.82 bits per heavy atom. The Morgan fingerprint density at radius 1 is 1.36 bits per heavy atom. The highest BCUT2D eigenvalue weighted by Gasteiger charge is 2.25. The van der Waals surface area contributed by atoms with Crippen molar-refractivity contribution in [3.05, 3.63) is 29.8 Å². The number of nitrogens with zero attached hydrogens (tertiary/aromatic N) is 1. The normalized spacial score (nSPS) is 22.9. The molecule has 1 fully saturated rings. The number of aliphatic hydroxyl groups excluding tert-OH is 1. The quantitative estimate of drug-likeness (QED) is 0.866. The molecule has 1 amide bonds. The monoisotopic (exact) mass is 306 g/mol. The largest absolute Gasteiger partial charge is 0.494 e. The summed E-state index contributed by atoms with van der Waals surface area (Å²) in [5.41, 5.74) is 1.16. The van der Waals surface area contributed by atoms with E-state index < -0.39 is 6.10 Å². The first-order valence-corrected chi connectivity index (χ1v) is 7.98. The van der Waals surface area contributed by atoms with Crippen LogP contribution >= 0.6 is 0 Å². The van der Waals surface area contributed by atoms with Gasteiger partial charge < -0.3 is 15.2 Å². The Kier molecular flexibility index (Phi) is 6.21. The zero-order valence-electron chi connectivity index (χ0n) is 13.4. The first kappa shape index (κ1) is 16.8. The highest BCUT2D eigenvalue weighted by molar-refractivity contribution is 5.73. The molecule has 122 valence electrons. The minimum atomic E-state index is -0.476. The maximum absolute atomic E-state index is 11.2. The number of carbonyl (C=O) groups is 1. The van der Waals surface area contributed by atoms with Crippen molar-refractivity contribution in [2.24, 2.45) is 0 Å². The van der Waals surface area contributed by atoms with Gasteiger partial charge in [-0.15, -0.1) is 0 Å². The van der Waals surface area contributed by atoms with E-state index in [0.717, 1.165) is 37.4 Å². The summed E-state index contributed by atoms with van der Waals surface area (Å²) in [4.78, 5) is 13.5. The standard InChI is InChI=1S/C17H26N2O3/c1-3-22-17-7-5-4-6-14(17)12-19-10-8-15(18-13(2)20)16(21)9-11-19/h4-7,15-16,21H,3,8-12H2,1-2H3,(H,18,20)/t15-,16-/m0/s1. The van der Waals surface area contributed by atoms with Crippen LogP contribution < -0.4 is 10.1 Å². The average molecular weight is 306 g/mol. The van der Waals surface area contributed by atoms with E-state index in [-0.39, 0.29) is 11.9 Å². The van der Waals surface area contributed by atoms with Crippen LogP contribution in [0.25, 0.3) is 0 Å². The third kappa shape index (κ3) is 4.71. The van der Waals surface area contributed by atoms with Crippen molar-refractivity contribution in [1.82, 2.24) is 10.2 Å². The number of likely N-dealkylation sites (tertiary alicyclic amines) is 1. The number of hydrogen-bond acceptors (Lipinski definition) is 4. The predicted octanol–water partition coefficient (Wildman–Crippen LogP) is 1.55. The third-order valence-electron chi connectivity index (χ3n) is 4.02. The molecular formula is C17H26N2O3. The number of benzene rings is 1. The maximum Gasteiger partial charge on any atom is 0.217 e. The van der Waals surface area contributed by atoms with Crippen molar-refractivity contribution in [3.63, 3.8) is 0 Å². The Balaban J connectivity index is 1.98. The van der Waals surface area contributed by atoms with Gasteiger partial charge in [0.1, 0.15) is 5.75 Å². The van der Waals surface area contributed by atoms with Gasteiger partial charge >= 0.3 is 0 Å². The second kappa shape index (κ2) is 8.15. The van der Waals surface area contributed by atoms with Gasteiger partial charge in [0.15, 0.2) is 0 Å². The van der Waals surface area contributed by atoms with Crippen LogP contribution in [-0.4, -0.2) is 47.8 Å². The van der Waals surface area contributed by atoms with Crippen LogP contribution in [0, 0.1) is 0 Å². The molecule has 1 saturated heterocycles. The van der Waals surface area contributed by atoms with Gasteiger partial charge in [-0.2, -0.15) is 0 Å². The SMILES string of the molecule is CCOc1ccccc1CN1CC[C@H](NC(C)=O)[C@@H](O)CC1. The summed E-state index contributed by atoms with van der Waals surface area (Å²) in [6.45, 7) is 6.60. The van der Waals surface area contributed by atoms with Gasteiger partial charge in [-0.05, 0) is 25.8 Å². The number of nitrogens with one attached hydrogen (secondary N) is 1. The lowest BCUT2D eigenvalue weighted by molar-refractivity contribution is -0.120. The highest BCUT2D eigenvalue weighted by atomic mass is 16.5. The van der Waals surface area contributed by atoms with Gasteiger partial charge in [0.25, 0.3) is 0 Å². The number of ether oxygens (including phenoxy) is 1. The minimum Gasteiger partial charge on any atom is -0.494 e. The zero-order valence-corrected chi connectivity index (χ0v) is 13.4. The Labute approximate surface area is 132 Å². The molecule has 5 nitrogen and oxygen atoms in total. The lowest BCUT2D eigenvalue weighted by atomic mass is 10.1. The Hall–Kier alpha value is -1.59. The molecule has 0 radical (unpaired) electrons. The van der Waals surface area contributed by atoms with E-state index in [1.807, 2.05) is 25.1 Å². The van der Waals surface area contributed by atoms with Crippen LogP contribution in [0.5, 0.6) is 5.75 Å². The highest BCUT2D eigenvalue weighted by Crippen LogP contribution is 2.22.